The monoisotopic (exact) mass is 318 g/mol. The molecule has 7 heteroatoms. The molecule has 4 rings (SSSR count). The van der Waals surface area contributed by atoms with Crippen LogP contribution in [0.25, 0.3) is 28.4 Å². The number of aromatic amines is 1. The van der Waals surface area contributed by atoms with E-state index in [1.807, 2.05) is 43.3 Å². The van der Waals surface area contributed by atoms with Crippen molar-refractivity contribution >= 4 is 11.5 Å². The zero-order chi connectivity index (χ0) is 16.7. The Balaban J connectivity index is 1.92. The second kappa shape index (κ2) is 5.31. The van der Waals surface area contributed by atoms with E-state index in [1.54, 1.807) is 12.1 Å². The quantitative estimate of drug-likeness (QED) is 0.551. The summed E-state index contributed by atoms with van der Waals surface area (Å²) in [6, 6.07) is 14.8. The molecule has 0 saturated heterocycles. The van der Waals surface area contributed by atoms with Crippen LogP contribution in [0.3, 0.4) is 0 Å². The first-order valence-corrected chi connectivity index (χ1v) is 7.40. The number of anilines is 1. The average Bonchev–Trinajstić information content (AvgIpc) is 2.98. The molecule has 2 heterocycles. The average molecular weight is 318 g/mol. The summed E-state index contributed by atoms with van der Waals surface area (Å²) in [6.07, 6.45) is 0. The summed E-state index contributed by atoms with van der Waals surface area (Å²) < 4.78 is 1.53. The standard InChI is InChI=1S/C17H14N6O/c1-10-2-4-11(5-3-10)14-16(24)19-17-21-20-15(23(17)22-14)12-6-8-13(18)9-7-12/h2-9H,18H2,1H3,(H,19,21,24). The van der Waals surface area contributed by atoms with Crippen LogP contribution in [-0.4, -0.2) is 24.8 Å². The van der Waals surface area contributed by atoms with E-state index >= 15 is 0 Å². The summed E-state index contributed by atoms with van der Waals surface area (Å²) in [5, 5.41) is 12.6. The Morgan fingerprint density at radius 3 is 2.33 bits per heavy atom. The molecule has 0 atom stereocenters. The maximum atomic E-state index is 12.3. The van der Waals surface area contributed by atoms with Gasteiger partial charge in [0.1, 0.15) is 0 Å². The molecular formula is C17H14N6O. The minimum Gasteiger partial charge on any atom is -0.399 e. The molecule has 7 nitrogen and oxygen atoms in total. The molecule has 0 radical (unpaired) electrons. The lowest BCUT2D eigenvalue weighted by Gasteiger charge is -2.03. The molecule has 3 N–H and O–H groups in total. The summed E-state index contributed by atoms with van der Waals surface area (Å²) in [4.78, 5) is 15.0. The van der Waals surface area contributed by atoms with Crippen molar-refractivity contribution in [3.8, 4) is 22.6 Å². The molecule has 0 spiro atoms. The number of nitrogens with two attached hydrogens (primary N) is 1. The van der Waals surface area contributed by atoms with Crippen molar-refractivity contribution in [1.29, 1.82) is 0 Å². The van der Waals surface area contributed by atoms with E-state index in [4.69, 9.17) is 5.73 Å². The van der Waals surface area contributed by atoms with E-state index in [-0.39, 0.29) is 5.56 Å². The largest absolute Gasteiger partial charge is 0.399 e. The number of hydrogen-bond acceptors (Lipinski definition) is 5. The number of nitrogens with zero attached hydrogens (tertiary/aromatic N) is 4. The number of aromatic nitrogens is 5. The van der Waals surface area contributed by atoms with Gasteiger partial charge in [-0.15, -0.1) is 10.2 Å². The van der Waals surface area contributed by atoms with Gasteiger partial charge in [-0.3, -0.25) is 9.78 Å². The van der Waals surface area contributed by atoms with E-state index in [2.05, 4.69) is 20.3 Å². The van der Waals surface area contributed by atoms with E-state index in [0.29, 0.717) is 23.0 Å². The third-order valence-electron chi connectivity index (χ3n) is 3.77. The highest BCUT2D eigenvalue weighted by molar-refractivity contribution is 5.62. The van der Waals surface area contributed by atoms with Gasteiger partial charge < -0.3 is 5.73 Å². The van der Waals surface area contributed by atoms with Crippen molar-refractivity contribution in [2.45, 2.75) is 6.92 Å². The van der Waals surface area contributed by atoms with Gasteiger partial charge in [0.2, 0.25) is 0 Å². The fourth-order valence-electron chi connectivity index (χ4n) is 2.47. The van der Waals surface area contributed by atoms with E-state index < -0.39 is 0 Å². The molecule has 0 aliphatic rings. The number of fused-ring (bicyclic) bond motifs is 1. The second-order valence-corrected chi connectivity index (χ2v) is 5.55. The number of rotatable bonds is 2. The van der Waals surface area contributed by atoms with Crippen molar-refractivity contribution < 1.29 is 0 Å². The molecule has 0 aliphatic heterocycles. The van der Waals surface area contributed by atoms with Gasteiger partial charge in [0.15, 0.2) is 11.5 Å². The van der Waals surface area contributed by atoms with Gasteiger partial charge in [0.05, 0.1) is 0 Å². The Morgan fingerprint density at radius 2 is 1.62 bits per heavy atom. The highest BCUT2D eigenvalue weighted by Gasteiger charge is 2.14. The van der Waals surface area contributed by atoms with Crippen LogP contribution >= 0.6 is 0 Å². The Labute approximate surface area is 136 Å². The smallest absolute Gasteiger partial charge is 0.279 e. The molecule has 2 aromatic heterocycles. The van der Waals surface area contributed by atoms with Crippen LogP contribution < -0.4 is 11.3 Å². The summed E-state index contributed by atoms with van der Waals surface area (Å²) >= 11 is 0. The third-order valence-corrected chi connectivity index (χ3v) is 3.77. The molecule has 24 heavy (non-hydrogen) atoms. The van der Waals surface area contributed by atoms with Crippen molar-refractivity contribution in [3.63, 3.8) is 0 Å². The lowest BCUT2D eigenvalue weighted by molar-refractivity contribution is 0.898. The van der Waals surface area contributed by atoms with Crippen LogP contribution in [0, 0.1) is 6.92 Å². The van der Waals surface area contributed by atoms with Crippen LogP contribution in [0.2, 0.25) is 0 Å². The van der Waals surface area contributed by atoms with Crippen molar-refractivity contribution in [1.82, 2.24) is 24.8 Å². The highest BCUT2D eigenvalue weighted by atomic mass is 16.1. The van der Waals surface area contributed by atoms with Gasteiger partial charge in [-0.1, -0.05) is 29.8 Å². The summed E-state index contributed by atoms with van der Waals surface area (Å²) in [7, 11) is 0. The number of nitrogens with one attached hydrogen (secondary N) is 1. The van der Waals surface area contributed by atoms with Gasteiger partial charge in [-0.25, -0.2) is 0 Å². The Bertz CT molecular complexity index is 1080. The molecule has 0 saturated carbocycles. The van der Waals surface area contributed by atoms with Gasteiger partial charge in [0, 0.05) is 16.8 Å². The molecule has 0 amide bonds. The zero-order valence-electron chi connectivity index (χ0n) is 12.9. The van der Waals surface area contributed by atoms with Gasteiger partial charge in [-0.05, 0) is 31.2 Å². The van der Waals surface area contributed by atoms with E-state index in [0.717, 1.165) is 16.7 Å². The molecule has 4 aromatic rings. The number of aryl methyl sites for hydroxylation is 1. The van der Waals surface area contributed by atoms with Crippen LogP contribution in [-0.2, 0) is 0 Å². The summed E-state index contributed by atoms with van der Waals surface area (Å²) in [6.45, 7) is 1.99. The highest BCUT2D eigenvalue weighted by Crippen LogP contribution is 2.19. The molecule has 0 fully saturated rings. The third kappa shape index (κ3) is 2.32. The van der Waals surface area contributed by atoms with E-state index in [9.17, 15) is 4.79 Å². The maximum Gasteiger partial charge on any atom is 0.279 e. The molecule has 2 aromatic carbocycles. The molecule has 0 bridgehead atoms. The first-order valence-electron chi connectivity index (χ1n) is 7.40. The lowest BCUT2D eigenvalue weighted by atomic mass is 10.1. The zero-order valence-corrected chi connectivity index (χ0v) is 12.9. The minimum atomic E-state index is -0.303. The molecular weight excluding hydrogens is 304 g/mol. The Hall–Kier alpha value is -3.48. The van der Waals surface area contributed by atoms with E-state index in [1.165, 1.54) is 4.52 Å². The Morgan fingerprint density at radius 1 is 0.958 bits per heavy atom. The van der Waals surface area contributed by atoms with Crippen molar-refractivity contribution in [2.24, 2.45) is 0 Å². The summed E-state index contributed by atoms with van der Waals surface area (Å²) in [5.74, 6) is 0.831. The van der Waals surface area contributed by atoms with Crippen molar-refractivity contribution in [2.75, 3.05) is 5.73 Å². The molecule has 0 aliphatic carbocycles. The van der Waals surface area contributed by atoms with Crippen LogP contribution in [0.1, 0.15) is 5.56 Å². The predicted octanol–water partition coefficient (Wildman–Crippen LogP) is 2.04. The number of benzene rings is 2. The fourth-order valence-corrected chi connectivity index (χ4v) is 2.47. The number of H-pyrrole nitrogens is 1. The lowest BCUT2D eigenvalue weighted by Crippen LogP contribution is -2.15. The fraction of sp³-hybridized carbons (Fsp3) is 0.0588. The van der Waals surface area contributed by atoms with Crippen LogP contribution in [0.4, 0.5) is 5.69 Å². The van der Waals surface area contributed by atoms with Gasteiger partial charge in [-0.2, -0.15) is 9.61 Å². The van der Waals surface area contributed by atoms with Crippen LogP contribution in [0.15, 0.2) is 53.3 Å². The van der Waals surface area contributed by atoms with Gasteiger partial charge >= 0.3 is 0 Å². The number of hydrogen-bond donors (Lipinski definition) is 2. The van der Waals surface area contributed by atoms with Crippen molar-refractivity contribution in [3.05, 3.63) is 64.4 Å². The van der Waals surface area contributed by atoms with Gasteiger partial charge in [0.25, 0.3) is 11.3 Å². The minimum absolute atomic E-state index is 0.294. The Kier molecular flexibility index (Phi) is 3.13. The predicted molar refractivity (Wildman–Crippen MR) is 91.4 cm³/mol. The van der Waals surface area contributed by atoms with Crippen LogP contribution in [0.5, 0.6) is 0 Å². The SMILES string of the molecule is Cc1ccc(-c2nn3c(-c4ccc(N)cc4)nnc3[nH]c2=O)cc1. The molecule has 0 unspecified atom stereocenters. The topological polar surface area (TPSA) is 102 Å². The first kappa shape index (κ1) is 14.1. The maximum absolute atomic E-state index is 12.3. The number of nitrogen functional groups attached to an aromatic ring is 1. The summed E-state index contributed by atoms with van der Waals surface area (Å²) in [5.41, 5.74) is 9.06. The normalized spacial score (nSPS) is 11.0. The first-order chi connectivity index (χ1) is 11.6. The second-order valence-electron chi connectivity index (χ2n) is 5.55. The molecule has 118 valence electrons.